The monoisotopic (exact) mass is 490 g/mol. The van der Waals surface area contributed by atoms with Gasteiger partial charge >= 0.3 is 6.18 Å². The van der Waals surface area contributed by atoms with E-state index >= 15 is 0 Å². The Balaban J connectivity index is 1.72. The number of fused-ring (bicyclic) bond motifs is 1. The summed E-state index contributed by atoms with van der Waals surface area (Å²) in [5, 5.41) is 6.97. The number of carbonyl (C=O) groups is 1. The van der Waals surface area contributed by atoms with Crippen LogP contribution in [-0.2, 0) is 0 Å². The number of hydrogen-bond donors (Lipinski definition) is 1. The second-order valence-electron chi connectivity index (χ2n) is 7.46. The highest BCUT2D eigenvalue weighted by Crippen LogP contribution is 2.47. The largest absolute Gasteiger partial charge is 0.493 e. The van der Waals surface area contributed by atoms with Gasteiger partial charge in [0, 0.05) is 31.0 Å². The molecule has 32 heavy (non-hydrogen) atoms. The highest BCUT2D eigenvalue weighted by molar-refractivity contribution is 7.99. The van der Waals surface area contributed by atoms with Crippen molar-refractivity contribution >= 4 is 35.1 Å². The van der Waals surface area contributed by atoms with Crippen molar-refractivity contribution in [3.05, 3.63) is 34.5 Å². The summed E-state index contributed by atoms with van der Waals surface area (Å²) in [6, 6.07) is 2.27. The van der Waals surface area contributed by atoms with E-state index in [-0.39, 0.29) is 23.0 Å². The van der Waals surface area contributed by atoms with Gasteiger partial charge in [-0.1, -0.05) is 17.7 Å². The lowest BCUT2D eigenvalue weighted by Gasteiger charge is -2.33. The van der Waals surface area contributed by atoms with E-state index in [9.17, 15) is 18.0 Å². The predicted octanol–water partition coefficient (Wildman–Crippen LogP) is 4.40. The molecule has 0 spiro atoms. The van der Waals surface area contributed by atoms with Gasteiger partial charge in [-0.2, -0.15) is 30.0 Å². The maximum atomic E-state index is 14.0. The molecule has 1 amide bonds. The minimum atomic E-state index is -4.58. The van der Waals surface area contributed by atoms with Crippen LogP contribution in [0.5, 0.6) is 11.5 Å². The van der Waals surface area contributed by atoms with Gasteiger partial charge in [0.1, 0.15) is 10.8 Å². The molecule has 0 bridgehead atoms. The molecule has 1 aromatic carbocycles. The first-order chi connectivity index (χ1) is 15.2. The molecule has 2 aliphatic rings. The molecule has 0 unspecified atom stereocenters. The van der Waals surface area contributed by atoms with Crippen LogP contribution in [-0.4, -0.2) is 65.6 Å². The van der Waals surface area contributed by atoms with Gasteiger partial charge in [0.2, 0.25) is 0 Å². The van der Waals surface area contributed by atoms with E-state index < -0.39 is 24.2 Å². The van der Waals surface area contributed by atoms with Gasteiger partial charge in [-0.15, -0.1) is 0 Å². The number of benzene rings is 1. The van der Waals surface area contributed by atoms with Gasteiger partial charge < -0.3 is 19.7 Å². The zero-order valence-electron chi connectivity index (χ0n) is 17.4. The van der Waals surface area contributed by atoms with Gasteiger partial charge in [0.05, 0.1) is 20.3 Å². The Labute approximate surface area is 192 Å². The van der Waals surface area contributed by atoms with Crippen molar-refractivity contribution in [2.75, 3.05) is 44.1 Å². The van der Waals surface area contributed by atoms with Gasteiger partial charge in [0.15, 0.2) is 23.2 Å². The first kappa shape index (κ1) is 22.9. The SMILES string of the molecule is COc1ccc([C@@H]2C[C@@H](C(F)(F)F)n3nc(C(=O)N4CCSCC4)c(Cl)c3N2)cc1OC. The Morgan fingerprint density at radius 1 is 1.22 bits per heavy atom. The molecule has 3 heterocycles. The lowest BCUT2D eigenvalue weighted by molar-refractivity contribution is -0.173. The maximum absolute atomic E-state index is 14.0. The van der Waals surface area contributed by atoms with E-state index in [1.165, 1.54) is 14.2 Å². The van der Waals surface area contributed by atoms with Gasteiger partial charge in [-0.25, -0.2) is 4.68 Å². The van der Waals surface area contributed by atoms with Crippen LogP contribution in [0, 0.1) is 0 Å². The van der Waals surface area contributed by atoms with E-state index in [2.05, 4.69) is 10.4 Å². The molecule has 2 aromatic rings. The Morgan fingerprint density at radius 2 is 1.91 bits per heavy atom. The number of rotatable bonds is 4. The number of ether oxygens (including phenoxy) is 2. The third kappa shape index (κ3) is 4.19. The van der Waals surface area contributed by atoms with Crippen LogP contribution >= 0.6 is 23.4 Å². The number of hydrogen-bond acceptors (Lipinski definition) is 6. The van der Waals surface area contributed by atoms with E-state index in [0.717, 1.165) is 16.2 Å². The normalized spacial score (nSPS) is 21.0. The summed E-state index contributed by atoms with van der Waals surface area (Å²) in [6.45, 7) is 1.01. The van der Waals surface area contributed by atoms with Crippen molar-refractivity contribution in [1.29, 1.82) is 0 Å². The molecule has 1 aromatic heterocycles. The molecule has 1 saturated heterocycles. The second-order valence-corrected chi connectivity index (χ2v) is 9.07. The lowest BCUT2D eigenvalue weighted by Crippen LogP contribution is -2.38. The molecular weight excluding hydrogens is 469 g/mol. The summed E-state index contributed by atoms with van der Waals surface area (Å²) < 4.78 is 53.3. The summed E-state index contributed by atoms with van der Waals surface area (Å²) in [5.41, 5.74) is 0.407. The number of methoxy groups -OCH3 is 2. The van der Waals surface area contributed by atoms with Crippen molar-refractivity contribution in [3.63, 3.8) is 0 Å². The second kappa shape index (κ2) is 8.93. The minimum absolute atomic E-state index is 0.0187. The van der Waals surface area contributed by atoms with Crippen molar-refractivity contribution < 1.29 is 27.4 Å². The van der Waals surface area contributed by atoms with Crippen LogP contribution < -0.4 is 14.8 Å². The standard InChI is InChI=1S/C20H22ClF3N4O3S/c1-30-13-4-3-11(9-14(13)31-2)12-10-15(20(22,23)24)28-18(25-12)16(21)17(26-28)19(29)27-5-7-32-8-6-27/h3-4,9,12,15,25H,5-8,10H2,1-2H3/t12-,15-/m0/s1. The van der Waals surface area contributed by atoms with Crippen molar-refractivity contribution in [2.45, 2.75) is 24.7 Å². The van der Waals surface area contributed by atoms with Crippen molar-refractivity contribution in [3.8, 4) is 11.5 Å². The summed E-state index contributed by atoms with van der Waals surface area (Å²) in [5.74, 6) is 1.93. The number of thioether (sulfide) groups is 1. The van der Waals surface area contributed by atoms with Gasteiger partial charge in [0.25, 0.3) is 5.91 Å². The van der Waals surface area contributed by atoms with Crippen LogP contribution in [0.3, 0.4) is 0 Å². The van der Waals surface area contributed by atoms with Crippen LogP contribution in [0.1, 0.15) is 34.6 Å². The van der Waals surface area contributed by atoms with Gasteiger partial charge in [-0.05, 0) is 17.7 Å². The van der Waals surface area contributed by atoms with Gasteiger partial charge in [-0.3, -0.25) is 4.79 Å². The molecule has 1 fully saturated rings. The topological polar surface area (TPSA) is 68.6 Å². The minimum Gasteiger partial charge on any atom is -0.493 e. The van der Waals surface area contributed by atoms with E-state index in [1.54, 1.807) is 34.9 Å². The number of amides is 1. The first-order valence-electron chi connectivity index (χ1n) is 9.94. The summed E-state index contributed by atoms with van der Waals surface area (Å²) >= 11 is 8.14. The number of alkyl halides is 3. The average Bonchev–Trinajstić information content (AvgIpc) is 3.13. The third-order valence-corrected chi connectivity index (χ3v) is 6.91. The molecule has 2 aliphatic heterocycles. The number of nitrogens with zero attached hydrogens (tertiary/aromatic N) is 3. The highest BCUT2D eigenvalue weighted by atomic mass is 35.5. The molecule has 0 saturated carbocycles. The zero-order chi connectivity index (χ0) is 23.0. The van der Waals surface area contributed by atoms with Crippen LogP contribution in [0.2, 0.25) is 5.02 Å². The van der Waals surface area contributed by atoms with Crippen molar-refractivity contribution in [2.24, 2.45) is 0 Å². The molecule has 4 rings (SSSR count). The third-order valence-electron chi connectivity index (χ3n) is 5.61. The lowest BCUT2D eigenvalue weighted by atomic mass is 9.96. The number of anilines is 1. The number of aromatic nitrogens is 2. The molecular formula is C20H22ClF3N4O3S. The number of halogens is 4. The van der Waals surface area contributed by atoms with Crippen molar-refractivity contribution in [1.82, 2.24) is 14.7 Å². The molecule has 0 radical (unpaired) electrons. The predicted molar refractivity (Wildman–Crippen MR) is 116 cm³/mol. The first-order valence-corrected chi connectivity index (χ1v) is 11.5. The van der Waals surface area contributed by atoms with Crippen LogP contribution in [0.4, 0.5) is 19.0 Å². The van der Waals surface area contributed by atoms with E-state index in [4.69, 9.17) is 21.1 Å². The molecule has 2 atom stereocenters. The zero-order valence-corrected chi connectivity index (χ0v) is 19.0. The molecule has 7 nitrogen and oxygen atoms in total. The molecule has 1 N–H and O–H groups in total. The number of nitrogens with one attached hydrogen (secondary N) is 1. The fourth-order valence-electron chi connectivity index (χ4n) is 3.93. The van der Waals surface area contributed by atoms with Crippen LogP contribution in [0.15, 0.2) is 18.2 Å². The number of carbonyl (C=O) groups excluding carboxylic acids is 1. The quantitative estimate of drug-likeness (QED) is 0.685. The molecule has 0 aliphatic carbocycles. The Hall–Kier alpha value is -2.27. The highest BCUT2D eigenvalue weighted by Gasteiger charge is 2.48. The fraction of sp³-hybridized carbons (Fsp3) is 0.500. The Morgan fingerprint density at radius 3 is 2.53 bits per heavy atom. The van der Waals surface area contributed by atoms with Crippen LogP contribution in [0.25, 0.3) is 0 Å². The summed E-state index contributed by atoms with van der Waals surface area (Å²) in [6.07, 6.45) is -4.90. The van der Waals surface area contributed by atoms with E-state index in [1.807, 2.05) is 0 Å². The molecule has 12 heteroatoms. The molecule has 174 valence electrons. The van der Waals surface area contributed by atoms with E-state index in [0.29, 0.717) is 30.2 Å². The Bertz CT molecular complexity index is 1010. The Kier molecular flexibility index (Phi) is 6.39. The fourth-order valence-corrected chi connectivity index (χ4v) is 5.09. The summed E-state index contributed by atoms with van der Waals surface area (Å²) in [7, 11) is 2.94. The average molecular weight is 491 g/mol. The maximum Gasteiger partial charge on any atom is 0.410 e. The summed E-state index contributed by atoms with van der Waals surface area (Å²) in [4.78, 5) is 14.5. The smallest absolute Gasteiger partial charge is 0.410 e.